The molecule has 26 heavy (non-hydrogen) atoms. The van der Waals surface area contributed by atoms with Crippen LogP contribution in [0.5, 0.6) is 17.2 Å². The SMILES string of the molecule is CN=C(NCc1ccc(OC)cc1)NCc1ccc(OC)c(OC)c1.I. The van der Waals surface area contributed by atoms with Crippen LogP contribution in [0.4, 0.5) is 0 Å². The van der Waals surface area contributed by atoms with Crippen molar-refractivity contribution in [3.05, 3.63) is 53.6 Å². The topological polar surface area (TPSA) is 64.1 Å². The summed E-state index contributed by atoms with van der Waals surface area (Å²) in [6.07, 6.45) is 0. The van der Waals surface area contributed by atoms with Crippen LogP contribution >= 0.6 is 24.0 Å². The van der Waals surface area contributed by atoms with E-state index in [0.29, 0.717) is 24.6 Å². The summed E-state index contributed by atoms with van der Waals surface area (Å²) in [5.74, 6) is 3.00. The number of hydrogen-bond acceptors (Lipinski definition) is 4. The minimum Gasteiger partial charge on any atom is -0.497 e. The second kappa shape index (κ2) is 11.5. The van der Waals surface area contributed by atoms with E-state index in [0.717, 1.165) is 22.8 Å². The lowest BCUT2D eigenvalue weighted by atomic mass is 10.2. The number of halogens is 1. The number of ether oxygens (including phenoxy) is 3. The van der Waals surface area contributed by atoms with Gasteiger partial charge in [-0.05, 0) is 35.4 Å². The summed E-state index contributed by atoms with van der Waals surface area (Å²) in [6, 6.07) is 13.8. The predicted octanol–water partition coefficient (Wildman–Crippen LogP) is 3.20. The van der Waals surface area contributed by atoms with Gasteiger partial charge < -0.3 is 24.8 Å². The van der Waals surface area contributed by atoms with Gasteiger partial charge in [0.05, 0.1) is 21.3 Å². The van der Waals surface area contributed by atoms with Crippen LogP contribution in [0, 0.1) is 0 Å². The maximum absolute atomic E-state index is 5.33. The Balaban J connectivity index is 0.00000338. The standard InChI is InChI=1S/C19H25N3O3.HI/c1-20-19(21-12-14-5-8-16(23-2)9-6-14)22-13-15-7-10-17(24-3)18(11-15)25-4;/h5-11H,12-13H2,1-4H3,(H2,20,21,22);1H. The van der Waals surface area contributed by atoms with Crippen LogP contribution in [-0.4, -0.2) is 34.3 Å². The minimum absolute atomic E-state index is 0. The van der Waals surface area contributed by atoms with E-state index >= 15 is 0 Å². The first-order chi connectivity index (χ1) is 12.2. The molecule has 0 aliphatic carbocycles. The monoisotopic (exact) mass is 471 g/mol. The van der Waals surface area contributed by atoms with Gasteiger partial charge in [0.2, 0.25) is 0 Å². The highest BCUT2D eigenvalue weighted by Crippen LogP contribution is 2.27. The Morgan fingerprint density at radius 1 is 0.808 bits per heavy atom. The molecule has 0 radical (unpaired) electrons. The van der Waals surface area contributed by atoms with Gasteiger partial charge in [-0.25, -0.2) is 0 Å². The molecule has 0 bridgehead atoms. The lowest BCUT2D eigenvalue weighted by molar-refractivity contribution is 0.354. The molecule has 6 nitrogen and oxygen atoms in total. The van der Waals surface area contributed by atoms with Gasteiger partial charge in [-0.1, -0.05) is 18.2 Å². The van der Waals surface area contributed by atoms with E-state index in [1.165, 1.54) is 0 Å². The zero-order valence-corrected chi connectivity index (χ0v) is 17.9. The molecule has 0 atom stereocenters. The third kappa shape index (κ3) is 6.29. The summed E-state index contributed by atoms with van der Waals surface area (Å²) in [7, 11) is 6.66. The van der Waals surface area contributed by atoms with E-state index in [-0.39, 0.29) is 24.0 Å². The van der Waals surface area contributed by atoms with Crippen molar-refractivity contribution in [2.24, 2.45) is 4.99 Å². The summed E-state index contributed by atoms with van der Waals surface area (Å²) in [6.45, 7) is 1.30. The Labute approximate surface area is 172 Å². The first-order valence-corrected chi connectivity index (χ1v) is 7.98. The van der Waals surface area contributed by atoms with Gasteiger partial charge in [0.15, 0.2) is 17.5 Å². The highest BCUT2D eigenvalue weighted by molar-refractivity contribution is 14.0. The van der Waals surface area contributed by atoms with Crippen molar-refractivity contribution in [3.63, 3.8) is 0 Å². The van der Waals surface area contributed by atoms with E-state index in [1.54, 1.807) is 28.4 Å². The third-order valence-electron chi connectivity index (χ3n) is 3.75. The van der Waals surface area contributed by atoms with E-state index in [2.05, 4.69) is 15.6 Å². The highest BCUT2D eigenvalue weighted by atomic mass is 127. The Morgan fingerprint density at radius 3 is 1.92 bits per heavy atom. The molecule has 142 valence electrons. The summed E-state index contributed by atoms with van der Waals surface area (Å²) in [5, 5.41) is 6.57. The first-order valence-electron chi connectivity index (χ1n) is 7.98. The van der Waals surface area contributed by atoms with Crippen molar-refractivity contribution in [3.8, 4) is 17.2 Å². The third-order valence-corrected chi connectivity index (χ3v) is 3.75. The molecule has 0 saturated heterocycles. The van der Waals surface area contributed by atoms with Gasteiger partial charge in [0.1, 0.15) is 5.75 Å². The van der Waals surface area contributed by atoms with Crippen molar-refractivity contribution in [1.29, 1.82) is 0 Å². The quantitative estimate of drug-likeness (QED) is 0.369. The fraction of sp³-hybridized carbons (Fsp3) is 0.316. The number of methoxy groups -OCH3 is 3. The van der Waals surface area contributed by atoms with Crippen LogP contribution in [0.1, 0.15) is 11.1 Å². The Kier molecular flexibility index (Phi) is 9.64. The van der Waals surface area contributed by atoms with Gasteiger partial charge in [-0.15, -0.1) is 24.0 Å². The molecule has 7 heteroatoms. The van der Waals surface area contributed by atoms with E-state index in [9.17, 15) is 0 Å². The summed E-state index contributed by atoms with van der Waals surface area (Å²) >= 11 is 0. The van der Waals surface area contributed by atoms with Gasteiger partial charge in [0, 0.05) is 20.1 Å². The van der Waals surface area contributed by atoms with Gasteiger partial charge >= 0.3 is 0 Å². The number of nitrogens with one attached hydrogen (secondary N) is 2. The summed E-state index contributed by atoms with van der Waals surface area (Å²) < 4.78 is 15.7. The molecule has 0 spiro atoms. The Hall–Kier alpha value is -2.16. The van der Waals surface area contributed by atoms with Gasteiger partial charge in [-0.3, -0.25) is 4.99 Å². The number of guanidine groups is 1. The fourth-order valence-electron chi connectivity index (χ4n) is 2.33. The minimum atomic E-state index is 0. The molecule has 2 aromatic rings. The van der Waals surface area contributed by atoms with E-state index in [4.69, 9.17) is 14.2 Å². The van der Waals surface area contributed by atoms with Crippen molar-refractivity contribution >= 4 is 29.9 Å². The molecule has 0 amide bonds. The largest absolute Gasteiger partial charge is 0.497 e. The molecule has 2 rings (SSSR count). The summed E-state index contributed by atoms with van der Waals surface area (Å²) in [5.41, 5.74) is 2.22. The Bertz CT molecular complexity index is 706. The number of hydrogen-bond donors (Lipinski definition) is 2. The maximum atomic E-state index is 5.33. The molecule has 0 fully saturated rings. The van der Waals surface area contributed by atoms with Crippen LogP contribution in [0.25, 0.3) is 0 Å². The summed E-state index contributed by atoms with van der Waals surface area (Å²) in [4.78, 5) is 4.24. The molecular formula is C19H26IN3O3. The average molecular weight is 471 g/mol. The van der Waals surface area contributed by atoms with Crippen molar-refractivity contribution in [1.82, 2.24) is 10.6 Å². The van der Waals surface area contributed by atoms with Crippen LogP contribution < -0.4 is 24.8 Å². The lowest BCUT2D eigenvalue weighted by Gasteiger charge is -2.14. The number of aliphatic imine (C=N–C) groups is 1. The van der Waals surface area contributed by atoms with E-state index < -0.39 is 0 Å². The smallest absolute Gasteiger partial charge is 0.191 e. The second-order valence-corrected chi connectivity index (χ2v) is 5.32. The van der Waals surface area contributed by atoms with Gasteiger partial charge in [0.25, 0.3) is 0 Å². The molecule has 0 aliphatic rings. The molecule has 0 saturated carbocycles. The number of nitrogens with zero attached hydrogens (tertiary/aromatic N) is 1. The molecule has 0 heterocycles. The van der Waals surface area contributed by atoms with E-state index in [1.807, 2.05) is 42.5 Å². The first kappa shape index (κ1) is 21.9. The zero-order valence-electron chi connectivity index (χ0n) is 15.5. The normalized spacial score (nSPS) is 10.5. The van der Waals surface area contributed by atoms with Crippen LogP contribution in [0.2, 0.25) is 0 Å². The molecule has 2 N–H and O–H groups in total. The highest BCUT2D eigenvalue weighted by Gasteiger charge is 2.05. The lowest BCUT2D eigenvalue weighted by Crippen LogP contribution is -2.36. The molecule has 0 aromatic heterocycles. The van der Waals surface area contributed by atoms with Crippen LogP contribution in [0.15, 0.2) is 47.5 Å². The van der Waals surface area contributed by atoms with Gasteiger partial charge in [-0.2, -0.15) is 0 Å². The molecule has 0 aliphatic heterocycles. The van der Waals surface area contributed by atoms with Crippen LogP contribution in [-0.2, 0) is 13.1 Å². The molecular weight excluding hydrogens is 445 g/mol. The van der Waals surface area contributed by atoms with Crippen molar-refractivity contribution in [2.45, 2.75) is 13.1 Å². The number of benzene rings is 2. The maximum Gasteiger partial charge on any atom is 0.191 e. The molecule has 0 unspecified atom stereocenters. The fourth-order valence-corrected chi connectivity index (χ4v) is 2.33. The predicted molar refractivity (Wildman–Crippen MR) is 115 cm³/mol. The number of rotatable bonds is 7. The zero-order chi connectivity index (χ0) is 18.1. The molecule has 2 aromatic carbocycles. The second-order valence-electron chi connectivity index (χ2n) is 5.32. The Morgan fingerprint density at radius 2 is 1.38 bits per heavy atom. The van der Waals surface area contributed by atoms with Crippen LogP contribution in [0.3, 0.4) is 0 Å². The van der Waals surface area contributed by atoms with Crippen molar-refractivity contribution < 1.29 is 14.2 Å². The van der Waals surface area contributed by atoms with Crippen molar-refractivity contribution in [2.75, 3.05) is 28.4 Å². The average Bonchev–Trinajstić information content (AvgIpc) is 2.68.